The predicted molar refractivity (Wildman–Crippen MR) is 65.1 cm³/mol. The number of nitrogens with one attached hydrogen (secondary N) is 2. The third-order valence-electron chi connectivity index (χ3n) is 1.88. The number of H-pyrrole nitrogens is 1. The van der Waals surface area contributed by atoms with Gasteiger partial charge in [-0.3, -0.25) is 5.10 Å². The molecule has 2 N–H and O–H groups in total. The molecule has 0 aliphatic heterocycles. The fraction of sp³-hybridized carbons (Fsp3) is 0.100. The van der Waals surface area contributed by atoms with E-state index in [2.05, 4.69) is 56.3 Å². The molecular weight excluding hydrogens is 289 g/mol. The van der Waals surface area contributed by atoms with Gasteiger partial charge in [0, 0.05) is 27.6 Å². The molecule has 0 unspecified atom stereocenters. The molecule has 72 valence electrons. The second-order valence-corrected chi connectivity index (χ2v) is 4.22. The molecule has 0 saturated heterocycles. The van der Waals surface area contributed by atoms with Crippen molar-refractivity contribution in [3.8, 4) is 0 Å². The van der Waals surface area contributed by atoms with Crippen LogP contribution in [0.25, 0.3) is 0 Å². The first-order valence-corrected chi connectivity index (χ1v) is 5.39. The number of anilines is 1. The summed E-state index contributed by atoms with van der Waals surface area (Å²) in [5.74, 6) is 0. The highest BCUT2D eigenvalue weighted by Gasteiger charge is 1.94. The van der Waals surface area contributed by atoms with Crippen molar-refractivity contribution in [2.75, 3.05) is 5.32 Å². The van der Waals surface area contributed by atoms with Crippen molar-refractivity contribution in [3.05, 3.63) is 45.8 Å². The van der Waals surface area contributed by atoms with Crippen molar-refractivity contribution in [3.63, 3.8) is 0 Å². The minimum absolute atomic E-state index is 0.802. The Hall–Kier alpha value is -1.04. The van der Waals surface area contributed by atoms with E-state index >= 15 is 0 Å². The first-order valence-electron chi connectivity index (χ1n) is 4.32. The molecule has 0 fully saturated rings. The van der Waals surface area contributed by atoms with Crippen LogP contribution in [0.1, 0.15) is 5.56 Å². The number of rotatable bonds is 3. The Morgan fingerprint density at radius 1 is 1.43 bits per heavy atom. The molecule has 1 aromatic carbocycles. The number of hydrogen-bond acceptors (Lipinski definition) is 2. The number of hydrogen-bond donors (Lipinski definition) is 2. The Morgan fingerprint density at radius 2 is 2.36 bits per heavy atom. The molecule has 0 spiro atoms. The molecule has 0 amide bonds. The Labute approximate surface area is 96.1 Å². The zero-order chi connectivity index (χ0) is 9.80. The molecule has 0 bridgehead atoms. The van der Waals surface area contributed by atoms with Crippen molar-refractivity contribution in [1.29, 1.82) is 0 Å². The normalized spacial score (nSPS) is 10.1. The molecule has 1 aromatic heterocycles. The highest BCUT2D eigenvalue weighted by molar-refractivity contribution is 14.1. The van der Waals surface area contributed by atoms with Gasteiger partial charge in [0.1, 0.15) is 0 Å². The summed E-state index contributed by atoms with van der Waals surface area (Å²) < 4.78 is 1.24. The maximum absolute atomic E-state index is 3.89. The molecule has 0 aliphatic rings. The molecule has 2 aromatic rings. The molecule has 0 atom stereocenters. The standard InChI is InChI=1S/C10H10IN3/c11-9-2-1-3-10(4-9)12-5-8-6-13-14-7-8/h1-4,6-7,12H,5H2,(H,13,14). The van der Waals surface area contributed by atoms with Gasteiger partial charge in [0.05, 0.1) is 6.20 Å². The number of aromatic amines is 1. The summed E-state index contributed by atoms with van der Waals surface area (Å²) in [5.41, 5.74) is 2.29. The average Bonchev–Trinajstić information content (AvgIpc) is 2.67. The van der Waals surface area contributed by atoms with E-state index in [1.54, 1.807) is 0 Å². The number of benzene rings is 1. The lowest BCUT2D eigenvalue weighted by molar-refractivity contribution is 1.09. The van der Waals surface area contributed by atoms with Gasteiger partial charge in [-0.25, -0.2) is 0 Å². The zero-order valence-electron chi connectivity index (χ0n) is 7.50. The summed E-state index contributed by atoms with van der Waals surface area (Å²) in [6.07, 6.45) is 3.71. The van der Waals surface area contributed by atoms with E-state index in [0.717, 1.165) is 17.8 Å². The predicted octanol–water partition coefficient (Wildman–Crippen LogP) is 2.63. The van der Waals surface area contributed by atoms with E-state index in [9.17, 15) is 0 Å². The van der Waals surface area contributed by atoms with Gasteiger partial charge in [0.15, 0.2) is 0 Å². The molecule has 0 radical (unpaired) electrons. The number of aromatic nitrogens is 2. The van der Waals surface area contributed by atoms with Crippen LogP contribution in [-0.2, 0) is 6.54 Å². The molecule has 0 aliphatic carbocycles. The highest BCUT2D eigenvalue weighted by Crippen LogP contribution is 2.13. The molecule has 2 rings (SSSR count). The van der Waals surface area contributed by atoms with E-state index in [1.807, 2.05) is 18.5 Å². The van der Waals surface area contributed by atoms with Crippen LogP contribution in [0.3, 0.4) is 0 Å². The van der Waals surface area contributed by atoms with Crippen LogP contribution in [0.5, 0.6) is 0 Å². The van der Waals surface area contributed by atoms with E-state index in [1.165, 1.54) is 3.57 Å². The van der Waals surface area contributed by atoms with Crippen molar-refractivity contribution < 1.29 is 0 Å². The lowest BCUT2D eigenvalue weighted by Gasteiger charge is -2.04. The number of halogens is 1. The first kappa shape index (κ1) is 9.51. The van der Waals surface area contributed by atoms with Crippen LogP contribution in [0.4, 0.5) is 5.69 Å². The Balaban J connectivity index is 1.98. The zero-order valence-corrected chi connectivity index (χ0v) is 9.65. The van der Waals surface area contributed by atoms with Crippen molar-refractivity contribution in [2.45, 2.75) is 6.54 Å². The SMILES string of the molecule is Ic1cccc(NCc2cn[nH]c2)c1. The minimum Gasteiger partial charge on any atom is -0.381 e. The van der Waals surface area contributed by atoms with Gasteiger partial charge in [-0.1, -0.05) is 6.07 Å². The van der Waals surface area contributed by atoms with Crippen molar-refractivity contribution >= 4 is 28.3 Å². The summed E-state index contributed by atoms with van der Waals surface area (Å²) >= 11 is 2.30. The first-order chi connectivity index (χ1) is 6.84. The van der Waals surface area contributed by atoms with Crippen LogP contribution in [0.15, 0.2) is 36.7 Å². The van der Waals surface area contributed by atoms with E-state index < -0.39 is 0 Å². The lowest BCUT2D eigenvalue weighted by Crippen LogP contribution is -1.97. The quantitative estimate of drug-likeness (QED) is 0.855. The summed E-state index contributed by atoms with van der Waals surface area (Å²) in [6.45, 7) is 0.802. The van der Waals surface area contributed by atoms with Gasteiger partial charge in [-0.15, -0.1) is 0 Å². The topological polar surface area (TPSA) is 40.7 Å². The van der Waals surface area contributed by atoms with Crippen LogP contribution in [0, 0.1) is 3.57 Å². The Kier molecular flexibility index (Phi) is 3.03. The van der Waals surface area contributed by atoms with Gasteiger partial charge in [-0.2, -0.15) is 5.10 Å². The van der Waals surface area contributed by atoms with Crippen LogP contribution >= 0.6 is 22.6 Å². The fourth-order valence-electron chi connectivity index (χ4n) is 1.18. The summed E-state index contributed by atoms with van der Waals surface area (Å²) in [7, 11) is 0. The summed E-state index contributed by atoms with van der Waals surface area (Å²) in [6, 6.07) is 8.28. The van der Waals surface area contributed by atoms with Crippen LogP contribution < -0.4 is 5.32 Å². The third-order valence-corrected chi connectivity index (χ3v) is 2.55. The minimum atomic E-state index is 0.802. The summed E-state index contributed by atoms with van der Waals surface area (Å²) in [5, 5.41) is 9.99. The van der Waals surface area contributed by atoms with Crippen LogP contribution in [-0.4, -0.2) is 10.2 Å². The molecule has 3 nitrogen and oxygen atoms in total. The second-order valence-electron chi connectivity index (χ2n) is 2.97. The molecule has 1 heterocycles. The molecule has 14 heavy (non-hydrogen) atoms. The van der Waals surface area contributed by atoms with Gasteiger partial charge < -0.3 is 5.32 Å². The maximum atomic E-state index is 3.89. The monoisotopic (exact) mass is 299 g/mol. The van der Waals surface area contributed by atoms with E-state index in [4.69, 9.17) is 0 Å². The lowest BCUT2D eigenvalue weighted by atomic mass is 10.3. The van der Waals surface area contributed by atoms with Crippen LogP contribution in [0.2, 0.25) is 0 Å². The van der Waals surface area contributed by atoms with Crippen molar-refractivity contribution in [2.24, 2.45) is 0 Å². The molecule has 0 saturated carbocycles. The average molecular weight is 299 g/mol. The summed E-state index contributed by atoms with van der Waals surface area (Å²) in [4.78, 5) is 0. The Bertz CT molecular complexity index is 398. The van der Waals surface area contributed by atoms with Gasteiger partial charge >= 0.3 is 0 Å². The largest absolute Gasteiger partial charge is 0.381 e. The maximum Gasteiger partial charge on any atom is 0.0537 e. The van der Waals surface area contributed by atoms with Gasteiger partial charge in [0.25, 0.3) is 0 Å². The number of nitrogens with zero attached hydrogens (tertiary/aromatic N) is 1. The third kappa shape index (κ3) is 2.47. The fourth-order valence-corrected chi connectivity index (χ4v) is 1.72. The highest BCUT2D eigenvalue weighted by atomic mass is 127. The van der Waals surface area contributed by atoms with E-state index in [-0.39, 0.29) is 0 Å². The van der Waals surface area contributed by atoms with Crippen molar-refractivity contribution in [1.82, 2.24) is 10.2 Å². The van der Waals surface area contributed by atoms with Gasteiger partial charge in [-0.05, 0) is 40.8 Å². The molecule has 4 heteroatoms. The Morgan fingerprint density at radius 3 is 3.07 bits per heavy atom. The smallest absolute Gasteiger partial charge is 0.0537 e. The van der Waals surface area contributed by atoms with E-state index in [0.29, 0.717) is 0 Å². The van der Waals surface area contributed by atoms with Gasteiger partial charge in [0.2, 0.25) is 0 Å². The second kappa shape index (κ2) is 4.45. The molecular formula is C10H10IN3.